The van der Waals surface area contributed by atoms with Gasteiger partial charge in [-0.2, -0.15) is 0 Å². The summed E-state index contributed by atoms with van der Waals surface area (Å²) < 4.78 is 5.32. The van der Waals surface area contributed by atoms with Crippen LogP contribution in [0, 0.1) is 5.92 Å². The van der Waals surface area contributed by atoms with Crippen LogP contribution in [-0.2, 0) is 4.74 Å². The lowest BCUT2D eigenvalue weighted by atomic mass is 10.1. The highest BCUT2D eigenvalue weighted by Gasteiger charge is 2.16. The first kappa shape index (κ1) is 18.3. The maximum atomic E-state index is 12.1. The Kier molecular flexibility index (Phi) is 7.42. The first-order chi connectivity index (χ1) is 11.1. The fraction of sp³-hybridized carbons (Fsp3) is 0.750. The van der Waals surface area contributed by atoms with Crippen molar-refractivity contribution in [2.45, 2.75) is 32.7 Å². The molecule has 0 bridgehead atoms. The molecule has 0 aromatic carbocycles. The standard InChI is InChI=1S/C16H28N4O2S/c1-12(2)10-13(17)16-19-14(11-23-16)15(21)18-4-3-5-20-6-8-22-9-7-20/h11-13H,3-10,17H2,1-2H3,(H,18,21). The van der Waals surface area contributed by atoms with Crippen molar-refractivity contribution in [1.29, 1.82) is 0 Å². The predicted octanol–water partition coefficient (Wildman–Crippen LogP) is 1.64. The monoisotopic (exact) mass is 340 g/mol. The van der Waals surface area contributed by atoms with Gasteiger partial charge in [0, 0.05) is 25.0 Å². The number of amides is 1. The zero-order valence-electron chi connectivity index (χ0n) is 14.1. The average molecular weight is 340 g/mol. The zero-order chi connectivity index (χ0) is 16.7. The van der Waals surface area contributed by atoms with Crippen molar-refractivity contribution < 1.29 is 9.53 Å². The van der Waals surface area contributed by atoms with E-state index >= 15 is 0 Å². The first-order valence-corrected chi connectivity index (χ1v) is 9.23. The molecule has 0 aliphatic carbocycles. The van der Waals surface area contributed by atoms with E-state index in [-0.39, 0.29) is 11.9 Å². The lowest BCUT2D eigenvalue weighted by Crippen LogP contribution is -2.38. The highest BCUT2D eigenvalue weighted by atomic mass is 32.1. The minimum Gasteiger partial charge on any atom is -0.379 e. The topological polar surface area (TPSA) is 80.5 Å². The molecule has 0 saturated carbocycles. The van der Waals surface area contributed by atoms with Gasteiger partial charge in [-0.25, -0.2) is 4.98 Å². The van der Waals surface area contributed by atoms with Crippen LogP contribution >= 0.6 is 11.3 Å². The summed E-state index contributed by atoms with van der Waals surface area (Å²) in [6.07, 6.45) is 1.82. The van der Waals surface area contributed by atoms with Crippen LogP contribution < -0.4 is 11.1 Å². The van der Waals surface area contributed by atoms with E-state index in [1.54, 1.807) is 5.38 Å². The van der Waals surface area contributed by atoms with Gasteiger partial charge >= 0.3 is 0 Å². The number of carbonyl (C=O) groups is 1. The van der Waals surface area contributed by atoms with E-state index in [1.165, 1.54) is 11.3 Å². The van der Waals surface area contributed by atoms with E-state index in [2.05, 4.69) is 29.0 Å². The lowest BCUT2D eigenvalue weighted by molar-refractivity contribution is 0.0374. The SMILES string of the molecule is CC(C)CC(N)c1nc(C(=O)NCCCN2CCOCC2)cs1. The Morgan fingerprint density at radius 1 is 1.48 bits per heavy atom. The molecule has 1 amide bonds. The van der Waals surface area contributed by atoms with Crippen LogP contribution in [0.5, 0.6) is 0 Å². The molecule has 1 fully saturated rings. The van der Waals surface area contributed by atoms with Crippen LogP contribution in [0.3, 0.4) is 0 Å². The van der Waals surface area contributed by atoms with Gasteiger partial charge in [-0.15, -0.1) is 11.3 Å². The molecule has 1 atom stereocenters. The molecule has 1 aliphatic heterocycles. The van der Waals surface area contributed by atoms with E-state index in [1.807, 2.05) is 0 Å². The van der Waals surface area contributed by atoms with Crippen LogP contribution in [-0.4, -0.2) is 55.2 Å². The summed E-state index contributed by atoms with van der Waals surface area (Å²) in [5, 5.41) is 5.58. The molecule has 2 heterocycles. The molecule has 6 nitrogen and oxygen atoms in total. The molecule has 2 rings (SSSR count). The third-order valence-corrected chi connectivity index (χ3v) is 4.81. The van der Waals surface area contributed by atoms with Crippen molar-refractivity contribution in [3.63, 3.8) is 0 Å². The highest BCUT2D eigenvalue weighted by molar-refractivity contribution is 7.09. The fourth-order valence-electron chi connectivity index (χ4n) is 2.59. The third kappa shape index (κ3) is 6.18. The summed E-state index contributed by atoms with van der Waals surface area (Å²) in [5.41, 5.74) is 6.60. The summed E-state index contributed by atoms with van der Waals surface area (Å²) in [6.45, 7) is 9.51. The van der Waals surface area contributed by atoms with Gasteiger partial charge in [0.2, 0.25) is 0 Å². The molecule has 1 unspecified atom stereocenters. The lowest BCUT2D eigenvalue weighted by Gasteiger charge is -2.26. The van der Waals surface area contributed by atoms with Crippen LogP contribution in [0.15, 0.2) is 5.38 Å². The Hall–Kier alpha value is -1.02. The van der Waals surface area contributed by atoms with E-state index in [4.69, 9.17) is 10.5 Å². The van der Waals surface area contributed by atoms with Gasteiger partial charge in [0.15, 0.2) is 0 Å². The van der Waals surface area contributed by atoms with Crippen LogP contribution in [0.2, 0.25) is 0 Å². The summed E-state index contributed by atoms with van der Waals surface area (Å²) in [6, 6.07) is -0.0807. The number of aromatic nitrogens is 1. The van der Waals surface area contributed by atoms with Gasteiger partial charge in [-0.05, 0) is 25.3 Å². The van der Waals surface area contributed by atoms with Crippen molar-refractivity contribution in [1.82, 2.24) is 15.2 Å². The third-order valence-electron chi connectivity index (χ3n) is 3.84. The maximum Gasteiger partial charge on any atom is 0.270 e. The number of carbonyl (C=O) groups excluding carboxylic acids is 1. The number of thiazole rings is 1. The molecular weight excluding hydrogens is 312 g/mol. The first-order valence-electron chi connectivity index (χ1n) is 8.35. The fourth-order valence-corrected chi connectivity index (χ4v) is 3.40. The van der Waals surface area contributed by atoms with Gasteiger partial charge < -0.3 is 15.8 Å². The van der Waals surface area contributed by atoms with E-state index < -0.39 is 0 Å². The van der Waals surface area contributed by atoms with E-state index in [9.17, 15) is 4.79 Å². The average Bonchev–Trinajstić information content (AvgIpc) is 3.02. The Balaban J connectivity index is 1.70. The molecule has 1 aromatic rings. The molecule has 1 aromatic heterocycles. The summed E-state index contributed by atoms with van der Waals surface area (Å²) in [4.78, 5) is 18.9. The maximum absolute atomic E-state index is 12.1. The van der Waals surface area contributed by atoms with Gasteiger partial charge in [-0.3, -0.25) is 9.69 Å². The Bertz CT molecular complexity index is 486. The minimum atomic E-state index is -0.105. The van der Waals surface area contributed by atoms with Crippen molar-refractivity contribution in [3.8, 4) is 0 Å². The van der Waals surface area contributed by atoms with Gasteiger partial charge in [0.1, 0.15) is 10.7 Å². The molecule has 1 aliphatic rings. The Labute approximate surface area is 142 Å². The van der Waals surface area contributed by atoms with Crippen LogP contribution in [0.25, 0.3) is 0 Å². The normalized spacial score (nSPS) is 17.4. The van der Waals surface area contributed by atoms with Crippen molar-refractivity contribution >= 4 is 17.2 Å². The molecule has 3 N–H and O–H groups in total. The number of morpholine rings is 1. The zero-order valence-corrected chi connectivity index (χ0v) is 14.9. The van der Waals surface area contributed by atoms with Crippen molar-refractivity contribution in [2.24, 2.45) is 11.7 Å². The number of hydrogen-bond donors (Lipinski definition) is 2. The summed E-state index contributed by atoms with van der Waals surface area (Å²) >= 11 is 1.47. The number of nitrogens with zero attached hydrogens (tertiary/aromatic N) is 2. The van der Waals surface area contributed by atoms with E-state index in [0.29, 0.717) is 18.2 Å². The minimum absolute atomic E-state index is 0.0807. The van der Waals surface area contributed by atoms with Gasteiger partial charge in [0.25, 0.3) is 5.91 Å². The van der Waals surface area contributed by atoms with Crippen molar-refractivity contribution in [2.75, 3.05) is 39.4 Å². The summed E-state index contributed by atoms with van der Waals surface area (Å²) in [5.74, 6) is 0.414. The molecule has 7 heteroatoms. The van der Waals surface area contributed by atoms with E-state index in [0.717, 1.165) is 50.7 Å². The number of rotatable bonds is 8. The summed E-state index contributed by atoms with van der Waals surface area (Å²) in [7, 11) is 0. The van der Waals surface area contributed by atoms with Gasteiger partial charge in [-0.1, -0.05) is 13.8 Å². The second-order valence-electron chi connectivity index (χ2n) is 6.37. The largest absolute Gasteiger partial charge is 0.379 e. The second-order valence-corrected chi connectivity index (χ2v) is 7.26. The molecule has 130 valence electrons. The van der Waals surface area contributed by atoms with Crippen LogP contribution in [0.4, 0.5) is 0 Å². The second kappa shape index (κ2) is 9.32. The Morgan fingerprint density at radius 2 is 2.22 bits per heavy atom. The van der Waals surface area contributed by atoms with Gasteiger partial charge in [0.05, 0.1) is 19.3 Å². The predicted molar refractivity (Wildman–Crippen MR) is 92.7 cm³/mol. The molecular formula is C16H28N4O2S. The number of hydrogen-bond acceptors (Lipinski definition) is 6. The molecule has 23 heavy (non-hydrogen) atoms. The Morgan fingerprint density at radius 3 is 2.91 bits per heavy atom. The smallest absolute Gasteiger partial charge is 0.270 e. The molecule has 0 spiro atoms. The quantitative estimate of drug-likeness (QED) is 0.703. The molecule has 1 saturated heterocycles. The number of nitrogens with one attached hydrogen (secondary N) is 1. The number of ether oxygens (including phenoxy) is 1. The highest BCUT2D eigenvalue weighted by Crippen LogP contribution is 2.22. The number of nitrogens with two attached hydrogens (primary N) is 1. The van der Waals surface area contributed by atoms with Crippen LogP contribution in [0.1, 0.15) is 48.2 Å². The molecule has 0 radical (unpaired) electrons. The van der Waals surface area contributed by atoms with Crippen molar-refractivity contribution in [3.05, 3.63) is 16.1 Å².